The fraction of sp³-hybridized carbons (Fsp3) is 0.526. The van der Waals surface area contributed by atoms with Gasteiger partial charge in [0.2, 0.25) is 5.91 Å². The molecule has 0 spiro atoms. The van der Waals surface area contributed by atoms with E-state index in [0.29, 0.717) is 12.8 Å². The second-order valence-corrected chi connectivity index (χ2v) is 7.07. The summed E-state index contributed by atoms with van der Waals surface area (Å²) in [5, 5.41) is 12.1. The Hall–Kier alpha value is -2.57. The molecule has 0 saturated carbocycles. The molecule has 1 unspecified atom stereocenters. The number of benzene rings is 1. The lowest BCUT2D eigenvalue weighted by Gasteiger charge is -2.29. The number of aliphatic carboxylic acids is 1. The Balaban J connectivity index is 1.95. The Bertz CT molecular complexity index is 647. The highest BCUT2D eigenvalue weighted by Crippen LogP contribution is 2.25. The van der Waals surface area contributed by atoms with E-state index in [1.807, 2.05) is 44.2 Å². The van der Waals surface area contributed by atoms with Gasteiger partial charge in [0.25, 0.3) is 0 Å². The first kappa shape index (κ1) is 19.8. The molecular formula is C19H26N2O5. The third-order valence-electron chi connectivity index (χ3n) is 4.42. The molecule has 1 heterocycles. The zero-order chi connectivity index (χ0) is 19.3. The predicted molar refractivity (Wildman–Crippen MR) is 95.4 cm³/mol. The third kappa shape index (κ3) is 4.97. The number of nitrogens with one attached hydrogen (secondary N) is 1. The van der Waals surface area contributed by atoms with Gasteiger partial charge < -0.3 is 20.1 Å². The number of carboxylic acid groups (broad SMARTS) is 1. The quantitative estimate of drug-likeness (QED) is 0.776. The number of amides is 2. The molecule has 1 aliphatic heterocycles. The van der Waals surface area contributed by atoms with Crippen molar-refractivity contribution in [3.8, 4) is 0 Å². The minimum Gasteiger partial charge on any atom is -0.480 e. The molecule has 1 saturated heterocycles. The van der Waals surface area contributed by atoms with Gasteiger partial charge in [-0.3, -0.25) is 4.79 Å². The standard InChI is InChI=1S/C19H26N2O5/c1-12(2)9-16(18(23)24)21-13(3)10-15(17(21)22)20-19(25)26-11-14-7-5-4-6-8-14/h4-8,12-13,15-16H,9-11H2,1-3H3,(H,20,25)(H,23,24)/t13?,15-,16-/m0/s1. The second-order valence-electron chi connectivity index (χ2n) is 7.07. The Kier molecular flexibility index (Phi) is 6.60. The summed E-state index contributed by atoms with van der Waals surface area (Å²) in [4.78, 5) is 37.6. The Morgan fingerprint density at radius 1 is 1.31 bits per heavy atom. The molecule has 0 bridgehead atoms. The average Bonchev–Trinajstić information content (AvgIpc) is 2.85. The summed E-state index contributed by atoms with van der Waals surface area (Å²) in [5.74, 6) is -1.26. The van der Waals surface area contributed by atoms with Crippen molar-refractivity contribution in [1.82, 2.24) is 10.2 Å². The van der Waals surface area contributed by atoms with E-state index < -0.39 is 24.1 Å². The van der Waals surface area contributed by atoms with Crippen molar-refractivity contribution in [2.45, 2.75) is 58.3 Å². The molecule has 1 aromatic carbocycles. The molecule has 3 atom stereocenters. The molecule has 0 aromatic heterocycles. The zero-order valence-corrected chi connectivity index (χ0v) is 15.3. The number of hydrogen-bond donors (Lipinski definition) is 2. The van der Waals surface area contributed by atoms with Gasteiger partial charge in [-0.2, -0.15) is 0 Å². The highest BCUT2D eigenvalue weighted by Gasteiger charge is 2.44. The van der Waals surface area contributed by atoms with E-state index in [1.165, 1.54) is 4.90 Å². The van der Waals surface area contributed by atoms with Gasteiger partial charge in [-0.25, -0.2) is 9.59 Å². The number of hydrogen-bond acceptors (Lipinski definition) is 4. The zero-order valence-electron chi connectivity index (χ0n) is 15.3. The predicted octanol–water partition coefficient (Wildman–Crippen LogP) is 2.40. The van der Waals surface area contributed by atoms with Gasteiger partial charge in [0.05, 0.1) is 0 Å². The van der Waals surface area contributed by atoms with E-state index in [-0.39, 0.29) is 24.5 Å². The molecule has 1 aromatic rings. The maximum Gasteiger partial charge on any atom is 0.408 e. The number of carbonyl (C=O) groups excluding carboxylic acids is 2. The van der Waals surface area contributed by atoms with Gasteiger partial charge in [-0.1, -0.05) is 44.2 Å². The highest BCUT2D eigenvalue weighted by molar-refractivity contribution is 5.91. The maximum atomic E-state index is 12.6. The molecular weight excluding hydrogens is 336 g/mol. The van der Waals surface area contributed by atoms with Crippen LogP contribution in [0.3, 0.4) is 0 Å². The topological polar surface area (TPSA) is 95.9 Å². The van der Waals surface area contributed by atoms with Crippen LogP contribution in [-0.4, -0.2) is 46.1 Å². The first-order valence-electron chi connectivity index (χ1n) is 8.81. The summed E-state index contributed by atoms with van der Waals surface area (Å²) in [5.41, 5.74) is 0.846. The van der Waals surface area contributed by atoms with Crippen LogP contribution in [0.4, 0.5) is 4.79 Å². The molecule has 142 valence electrons. The molecule has 1 fully saturated rings. The number of likely N-dealkylation sites (tertiary alicyclic amines) is 1. The van der Waals surface area contributed by atoms with Crippen molar-refractivity contribution in [3.63, 3.8) is 0 Å². The average molecular weight is 362 g/mol. The molecule has 26 heavy (non-hydrogen) atoms. The van der Waals surface area contributed by atoms with E-state index in [1.54, 1.807) is 6.92 Å². The number of carboxylic acids is 1. The van der Waals surface area contributed by atoms with Gasteiger partial charge in [-0.15, -0.1) is 0 Å². The van der Waals surface area contributed by atoms with Crippen molar-refractivity contribution in [2.24, 2.45) is 5.92 Å². The van der Waals surface area contributed by atoms with Crippen LogP contribution < -0.4 is 5.32 Å². The van der Waals surface area contributed by atoms with E-state index in [2.05, 4.69) is 5.32 Å². The van der Waals surface area contributed by atoms with Crippen molar-refractivity contribution < 1.29 is 24.2 Å². The lowest BCUT2D eigenvalue weighted by Crippen LogP contribution is -2.49. The SMILES string of the molecule is CC(C)C[C@@H](C(=O)O)N1C(=O)[C@@H](NC(=O)OCc2ccccc2)CC1C. The van der Waals surface area contributed by atoms with E-state index in [4.69, 9.17) is 4.74 Å². The number of rotatable bonds is 7. The molecule has 2 rings (SSSR count). The fourth-order valence-electron chi connectivity index (χ4n) is 3.22. The van der Waals surface area contributed by atoms with Crippen LogP contribution in [0.25, 0.3) is 0 Å². The summed E-state index contributed by atoms with van der Waals surface area (Å²) >= 11 is 0. The summed E-state index contributed by atoms with van der Waals surface area (Å²) in [6, 6.07) is 7.32. The van der Waals surface area contributed by atoms with Crippen molar-refractivity contribution in [3.05, 3.63) is 35.9 Å². The molecule has 0 aliphatic carbocycles. The molecule has 2 amide bonds. The minimum atomic E-state index is -1.02. The molecule has 0 radical (unpaired) electrons. The van der Waals surface area contributed by atoms with Crippen molar-refractivity contribution >= 4 is 18.0 Å². The number of ether oxygens (including phenoxy) is 1. The Labute approximate surface area is 153 Å². The van der Waals surface area contributed by atoms with Crippen LogP contribution in [0.15, 0.2) is 30.3 Å². The number of alkyl carbamates (subject to hydrolysis) is 1. The first-order valence-corrected chi connectivity index (χ1v) is 8.81. The van der Waals surface area contributed by atoms with Gasteiger partial charge >= 0.3 is 12.1 Å². The van der Waals surface area contributed by atoms with E-state index >= 15 is 0 Å². The van der Waals surface area contributed by atoms with Crippen molar-refractivity contribution in [1.29, 1.82) is 0 Å². The number of nitrogens with zero attached hydrogens (tertiary/aromatic N) is 1. The largest absolute Gasteiger partial charge is 0.480 e. The van der Waals surface area contributed by atoms with Crippen LogP contribution >= 0.6 is 0 Å². The van der Waals surface area contributed by atoms with Gasteiger partial charge in [-0.05, 0) is 31.2 Å². The first-order chi connectivity index (χ1) is 12.3. The second kappa shape index (κ2) is 8.69. The Morgan fingerprint density at radius 3 is 2.54 bits per heavy atom. The molecule has 1 aliphatic rings. The minimum absolute atomic E-state index is 0.109. The van der Waals surface area contributed by atoms with Crippen LogP contribution in [0.5, 0.6) is 0 Å². The normalized spacial score (nSPS) is 20.9. The lowest BCUT2D eigenvalue weighted by molar-refractivity contribution is -0.150. The summed E-state index contributed by atoms with van der Waals surface area (Å²) in [7, 11) is 0. The van der Waals surface area contributed by atoms with Crippen molar-refractivity contribution in [2.75, 3.05) is 0 Å². The summed E-state index contributed by atoms with van der Waals surface area (Å²) in [6.07, 6.45) is 0.0505. The highest BCUT2D eigenvalue weighted by atomic mass is 16.5. The molecule has 7 heteroatoms. The van der Waals surface area contributed by atoms with Crippen LogP contribution in [0.1, 0.15) is 39.2 Å². The smallest absolute Gasteiger partial charge is 0.408 e. The van der Waals surface area contributed by atoms with E-state index in [9.17, 15) is 19.5 Å². The summed E-state index contributed by atoms with van der Waals surface area (Å²) < 4.78 is 5.14. The van der Waals surface area contributed by atoms with Gasteiger partial charge in [0.1, 0.15) is 18.7 Å². The fourth-order valence-corrected chi connectivity index (χ4v) is 3.22. The monoisotopic (exact) mass is 362 g/mol. The van der Waals surface area contributed by atoms with Crippen LogP contribution in [0.2, 0.25) is 0 Å². The Morgan fingerprint density at radius 2 is 1.96 bits per heavy atom. The summed E-state index contributed by atoms with van der Waals surface area (Å²) in [6.45, 7) is 5.73. The van der Waals surface area contributed by atoms with Gasteiger partial charge in [0, 0.05) is 6.04 Å². The van der Waals surface area contributed by atoms with E-state index in [0.717, 1.165) is 5.56 Å². The molecule has 7 nitrogen and oxygen atoms in total. The molecule has 2 N–H and O–H groups in total. The van der Waals surface area contributed by atoms with Gasteiger partial charge in [0.15, 0.2) is 0 Å². The van der Waals surface area contributed by atoms with Crippen LogP contribution in [0, 0.1) is 5.92 Å². The number of carbonyl (C=O) groups is 3. The third-order valence-corrected chi connectivity index (χ3v) is 4.42. The van der Waals surface area contributed by atoms with Crippen LogP contribution in [-0.2, 0) is 20.9 Å². The lowest BCUT2D eigenvalue weighted by atomic mass is 10.0. The maximum absolute atomic E-state index is 12.6.